The van der Waals surface area contributed by atoms with Gasteiger partial charge in [-0.1, -0.05) is 42.5 Å². The molecule has 162 valence electrons. The second-order valence-electron chi connectivity index (χ2n) is 7.50. The van der Waals surface area contributed by atoms with E-state index in [1.165, 1.54) is 6.20 Å². The third-order valence-corrected chi connectivity index (χ3v) is 6.98. The van der Waals surface area contributed by atoms with E-state index < -0.39 is 21.0 Å². The summed E-state index contributed by atoms with van der Waals surface area (Å²) in [5.74, 6) is -0.0298. The van der Waals surface area contributed by atoms with Crippen LogP contribution in [0.2, 0.25) is 0 Å². The number of anilines is 3. The largest absolute Gasteiger partial charge is 0.380 e. The number of benzene rings is 2. The van der Waals surface area contributed by atoms with Crippen molar-refractivity contribution in [1.29, 1.82) is 0 Å². The van der Waals surface area contributed by atoms with E-state index in [0.717, 1.165) is 16.8 Å². The van der Waals surface area contributed by atoms with Gasteiger partial charge in [0.1, 0.15) is 5.82 Å². The number of carbonyl (C=O) groups excluding carboxylic acids is 1. The van der Waals surface area contributed by atoms with Gasteiger partial charge in [0.15, 0.2) is 9.84 Å². The Morgan fingerprint density at radius 3 is 2.32 bits per heavy atom. The lowest BCUT2D eigenvalue weighted by Gasteiger charge is -2.13. The smallest absolute Gasteiger partial charge is 0.252 e. The third kappa shape index (κ3) is 6.05. The second kappa shape index (κ2) is 9.61. The number of hydrogen-bond donors (Lipinski definition) is 3. The predicted molar refractivity (Wildman–Crippen MR) is 124 cm³/mol. The monoisotopic (exact) mass is 438 g/mol. The quantitative estimate of drug-likeness (QED) is 0.467. The zero-order chi connectivity index (χ0) is 22.4. The van der Waals surface area contributed by atoms with Crippen molar-refractivity contribution in [3.8, 4) is 0 Å². The Morgan fingerprint density at radius 2 is 1.71 bits per heavy atom. The molecule has 1 aromatic heterocycles. The van der Waals surface area contributed by atoms with E-state index in [4.69, 9.17) is 5.73 Å². The van der Waals surface area contributed by atoms with Crippen LogP contribution < -0.4 is 16.4 Å². The Hall–Kier alpha value is -3.39. The average molecular weight is 439 g/mol. The molecule has 0 saturated heterocycles. The fourth-order valence-electron chi connectivity index (χ4n) is 2.89. The summed E-state index contributed by atoms with van der Waals surface area (Å²) in [6, 6.07) is 18.7. The lowest BCUT2D eigenvalue weighted by molar-refractivity contribution is 0.100. The topological polar surface area (TPSA) is 114 Å². The van der Waals surface area contributed by atoms with Crippen molar-refractivity contribution in [2.24, 2.45) is 5.73 Å². The third-order valence-electron chi connectivity index (χ3n) is 4.81. The Bertz CT molecular complexity index is 1150. The Morgan fingerprint density at radius 1 is 1.03 bits per heavy atom. The van der Waals surface area contributed by atoms with Gasteiger partial charge in [0.25, 0.3) is 5.91 Å². The first kappa shape index (κ1) is 22.3. The highest BCUT2D eigenvalue weighted by molar-refractivity contribution is 7.91. The van der Waals surface area contributed by atoms with Gasteiger partial charge in [0.2, 0.25) is 0 Å². The molecular weight excluding hydrogens is 412 g/mol. The number of nitrogens with two attached hydrogens (primary N) is 1. The summed E-state index contributed by atoms with van der Waals surface area (Å²) in [6.07, 6.45) is 1.43. The summed E-state index contributed by atoms with van der Waals surface area (Å²) >= 11 is 0. The van der Waals surface area contributed by atoms with E-state index in [1.54, 1.807) is 44.2 Å². The molecule has 0 spiro atoms. The summed E-state index contributed by atoms with van der Waals surface area (Å²) in [6.45, 7) is 3.88. The van der Waals surface area contributed by atoms with Crippen molar-refractivity contribution in [3.63, 3.8) is 0 Å². The number of rotatable bonds is 9. The molecule has 0 aliphatic heterocycles. The van der Waals surface area contributed by atoms with Gasteiger partial charge in [-0.3, -0.25) is 4.79 Å². The summed E-state index contributed by atoms with van der Waals surface area (Å²) in [7, 11) is -3.16. The SMILES string of the molecule is CC(C)S(=O)(=O)Cc1ccc(Nc2cc(NCc3ccccc3)c(C(N)=O)cn2)cc1. The van der Waals surface area contributed by atoms with Gasteiger partial charge in [0, 0.05) is 24.5 Å². The molecule has 0 radical (unpaired) electrons. The van der Waals surface area contributed by atoms with Gasteiger partial charge in [0.05, 0.1) is 22.3 Å². The van der Waals surface area contributed by atoms with Crippen LogP contribution in [0.4, 0.5) is 17.2 Å². The number of nitrogens with one attached hydrogen (secondary N) is 2. The van der Waals surface area contributed by atoms with Crippen LogP contribution in [0.1, 0.15) is 35.3 Å². The molecule has 4 N–H and O–H groups in total. The Labute approximate surface area is 182 Å². The normalized spacial score (nSPS) is 11.3. The molecule has 1 heterocycles. The minimum Gasteiger partial charge on any atom is -0.380 e. The van der Waals surface area contributed by atoms with Crippen LogP contribution in [0.3, 0.4) is 0 Å². The number of nitrogens with zero attached hydrogens (tertiary/aromatic N) is 1. The molecule has 2 aromatic carbocycles. The van der Waals surface area contributed by atoms with E-state index in [0.29, 0.717) is 23.6 Å². The second-order valence-corrected chi connectivity index (χ2v) is 10.1. The highest BCUT2D eigenvalue weighted by Gasteiger charge is 2.16. The van der Waals surface area contributed by atoms with Crippen molar-refractivity contribution >= 4 is 32.9 Å². The first-order valence-electron chi connectivity index (χ1n) is 9.90. The van der Waals surface area contributed by atoms with Crippen LogP contribution in [0.15, 0.2) is 66.9 Å². The van der Waals surface area contributed by atoms with Crippen LogP contribution >= 0.6 is 0 Å². The van der Waals surface area contributed by atoms with Gasteiger partial charge in [-0.15, -0.1) is 0 Å². The Balaban J connectivity index is 1.74. The summed E-state index contributed by atoms with van der Waals surface area (Å²) in [5, 5.41) is 5.99. The number of carbonyl (C=O) groups is 1. The van der Waals surface area contributed by atoms with Crippen LogP contribution in [0.5, 0.6) is 0 Å². The summed E-state index contributed by atoms with van der Waals surface area (Å²) in [5.41, 5.74) is 8.90. The predicted octanol–water partition coefficient (Wildman–Crippen LogP) is 3.86. The minimum absolute atomic E-state index is 0.00403. The van der Waals surface area contributed by atoms with Crippen LogP contribution in [-0.2, 0) is 22.1 Å². The molecule has 0 bridgehead atoms. The fraction of sp³-hybridized carbons (Fsp3) is 0.217. The van der Waals surface area contributed by atoms with Crippen molar-refractivity contribution in [3.05, 3.63) is 83.6 Å². The highest BCUT2D eigenvalue weighted by atomic mass is 32.2. The maximum atomic E-state index is 12.1. The lowest BCUT2D eigenvalue weighted by atomic mass is 10.2. The molecule has 1 amide bonds. The molecular formula is C23H26N4O3S. The zero-order valence-electron chi connectivity index (χ0n) is 17.5. The van der Waals surface area contributed by atoms with E-state index in [2.05, 4.69) is 15.6 Å². The standard InChI is InChI=1S/C23H26N4O3S/c1-16(2)31(29,30)15-18-8-10-19(11-9-18)27-22-12-21(20(14-26-22)23(24)28)25-13-17-6-4-3-5-7-17/h3-12,14,16H,13,15H2,1-2H3,(H2,24,28)(H2,25,26,27). The average Bonchev–Trinajstić information content (AvgIpc) is 2.74. The molecule has 0 atom stereocenters. The van der Waals surface area contributed by atoms with Crippen molar-refractivity contribution in [2.45, 2.75) is 31.4 Å². The number of amides is 1. The van der Waals surface area contributed by atoms with Gasteiger partial charge in [-0.25, -0.2) is 13.4 Å². The van der Waals surface area contributed by atoms with E-state index in [-0.39, 0.29) is 5.75 Å². The molecule has 3 aromatic rings. The Kier molecular flexibility index (Phi) is 6.91. The van der Waals surface area contributed by atoms with E-state index >= 15 is 0 Å². The lowest BCUT2D eigenvalue weighted by Crippen LogP contribution is -2.16. The number of primary amides is 1. The molecule has 0 aliphatic rings. The number of pyridine rings is 1. The maximum absolute atomic E-state index is 12.1. The van der Waals surface area contributed by atoms with Crippen molar-refractivity contribution in [1.82, 2.24) is 4.98 Å². The summed E-state index contributed by atoms with van der Waals surface area (Å²) < 4.78 is 24.2. The molecule has 0 fully saturated rings. The van der Waals surface area contributed by atoms with Crippen molar-refractivity contribution in [2.75, 3.05) is 10.6 Å². The van der Waals surface area contributed by atoms with Gasteiger partial charge in [-0.05, 0) is 37.1 Å². The first-order chi connectivity index (χ1) is 14.7. The van der Waals surface area contributed by atoms with Crippen LogP contribution in [-0.4, -0.2) is 24.6 Å². The molecule has 31 heavy (non-hydrogen) atoms. The first-order valence-corrected chi connectivity index (χ1v) is 11.6. The van der Waals surface area contributed by atoms with E-state index in [9.17, 15) is 13.2 Å². The molecule has 3 rings (SSSR count). The van der Waals surface area contributed by atoms with Crippen LogP contribution in [0.25, 0.3) is 0 Å². The number of hydrogen-bond acceptors (Lipinski definition) is 6. The van der Waals surface area contributed by atoms with Crippen LogP contribution in [0, 0.1) is 0 Å². The van der Waals surface area contributed by atoms with Crippen molar-refractivity contribution < 1.29 is 13.2 Å². The number of aromatic nitrogens is 1. The summed E-state index contributed by atoms with van der Waals surface area (Å²) in [4.78, 5) is 16.0. The van der Waals surface area contributed by atoms with E-state index in [1.807, 2.05) is 30.3 Å². The molecule has 0 aliphatic carbocycles. The molecule has 0 saturated carbocycles. The fourth-order valence-corrected chi connectivity index (χ4v) is 3.88. The highest BCUT2D eigenvalue weighted by Crippen LogP contribution is 2.23. The number of sulfone groups is 1. The zero-order valence-corrected chi connectivity index (χ0v) is 18.3. The molecule has 7 nitrogen and oxygen atoms in total. The van der Waals surface area contributed by atoms with Gasteiger partial charge < -0.3 is 16.4 Å². The maximum Gasteiger partial charge on any atom is 0.252 e. The minimum atomic E-state index is -3.16. The molecule has 8 heteroatoms. The molecule has 0 unspecified atom stereocenters. The van der Waals surface area contributed by atoms with Gasteiger partial charge in [-0.2, -0.15) is 0 Å². The van der Waals surface area contributed by atoms with Gasteiger partial charge >= 0.3 is 0 Å².